The summed E-state index contributed by atoms with van der Waals surface area (Å²) in [6, 6.07) is -1.33. The van der Waals surface area contributed by atoms with E-state index in [1.54, 1.807) is 0 Å². The second kappa shape index (κ2) is 21.2. The first-order valence-electron chi connectivity index (χ1n) is 27.0. The number of esters is 1. The van der Waals surface area contributed by atoms with E-state index in [2.05, 4.69) is 51.7 Å². The van der Waals surface area contributed by atoms with Gasteiger partial charge in [0.15, 0.2) is 18.7 Å². The van der Waals surface area contributed by atoms with Crippen LogP contribution < -0.4 is 11.1 Å². The Morgan fingerprint density at radius 2 is 1.48 bits per heavy atom. The molecule has 7 fully saturated rings. The summed E-state index contributed by atoms with van der Waals surface area (Å²) < 4.78 is 36.3. The van der Waals surface area contributed by atoms with Gasteiger partial charge in [0.05, 0.1) is 49.5 Å². The van der Waals surface area contributed by atoms with Crippen molar-refractivity contribution >= 4 is 18.2 Å². The summed E-state index contributed by atoms with van der Waals surface area (Å²) in [6.45, 7) is 14.1. The number of quaternary nitrogens is 1. The van der Waals surface area contributed by atoms with Gasteiger partial charge in [-0.2, -0.15) is 0 Å². The van der Waals surface area contributed by atoms with Crippen molar-refractivity contribution in [3.05, 3.63) is 11.6 Å². The molecule has 0 aromatic carbocycles. The number of hydrogen-bond donors (Lipinski definition) is 11. The maximum Gasteiger partial charge on any atom is 0.317 e. The van der Waals surface area contributed by atoms with Gasteiger partial charge in [0.2, 0.25) is 12.2 Å². The SMILES string of the molecule is C[C@H]1O[C@@H](OC2C(O)[C@@H](NC(=O)CCCCC[NH3+])C(CO)O[C@H]2OC(=O)[C@]23CCC(C)(C)CC2C2=CCC4C5(C)CC[C@H](O)[C@](C)(C=O)[C@@H]5CC[C@]4(C)[C@]2(C)CC3O)C(O)C(O)[C@H]1O[C@@H]1OC[C@@H](O)C(O)C1O. The lowest BCUT2D eigenvalue weighted by atomic mass is 9.33. The zero-order valence-electron chi connectivity index (χ0n) is 43.8. The Morgan fingerprint density at radius 1 is 0.781 bits per heavy atom. The van der Waals surface area contributed by atoms with Gasteiger partial charge in [-0.1, -0.05) is 53.2 Å². The zero-order chi connectivity index (χ0) is 53.4. The van der Waals surface area contributed by atoms with Crippen molar-refractivity contribution in [1.29, 1.82) is 0 Å². The maximum atomic E-state index is 15.6. The van der Waals surface area contributed by atoms with Crippen LogP contribution in [0.25, 0.3) is 0 Å². The number of nitrogens with one attached hydrogen (secondary N) is 1. The van der Waals surface area contributed by atoms with E-state index in [1.807, 2.05) is 6.92 Å². The standard InChI is InChI=1S/C53H86N2O18/c1-26-42(71-44-40(65)37(62)29(58)24-68-44)39(64)41(66)45(69-26)72-43-38(63)36(55-35(61)11-9-8-10-20-54)30(23-56)70-46(43)73-47(67)53-19-18-48(2,3)21-28(53)27-12-13-32-49(4)16-15-33(59)50(5,25-57)31(49)14-17-51(32,6)52(27,7)22-34(53)60/h12,25-26,28-34,36-46,56,58-60,62-66H,8-11,13-24,54H2,1-7H3,(H,55,61)/p+1/t26-,28?,29-,30?,31-,32?,33+,34?,36+,37?,38?,39?,40?,41?,42+,43?,44+,45+,46+,49?,50-,51+,52-,53-/m1/s1. The largest absolute Gasteiger partial charge is 0.432 e. The quantitative estimate of drug-likeness (QED) is 0.0468. The highest BCUT2D eigenvalue weighted by Crippen LogP contribution is 2.76. The summed E-state index contributed by atoms with van der Waals surface area (Å²) in [5.74, 6) is -1.69. The first-order valence-corrected chi connectivity index (χ1v) is 27.0. The van der Waals surface area contributed by atoms with E-state index >= 15 is 4.79 Å². The van der Waals surface area contributed by atoms with Crippen molar-refractivity contribution in [2.24, 2.45) is 50.2 Å². The van der Waals surface area contributed by atoms with Crippen molar-refractivity contribution in [2.45, 2.75) is 230 Å². The topological polar surface area (TPSA) is 328 Å². The van der Waals surface area contributed by atoms with Gasteiger partial charge in [-0.3, -0.25) is 9.59 Å². The molecule has 0 bridgehead atoms. The number of amides is 1. The lowest BCUT2D eigenvalue weighted by molar-refractivity contribution is -0.370. The molecule has 20 heteroatoms. The van der Waals surface area contributed by atoms with Crippen molar-refractivity contribution in [3.63, 3.8) is 0 Å². The lowest BCUT2D eigenvalue weighted by Crippen LogP contribution is -2.69. The highest BCUT2D eigenvalue weighted by Gasteiger charge is 2.72. The van der Waals surface area contributed by atoms with Gasteiger partial charge >= 0.3 is 5.97 Å². The third kappa shape index (κ3) is 9.59. The van der Waals surface area contributed by atoms with E-state index in [-0.39, 0.29) is 54.0 Å². The fourth-order valence-electron chi connectivity index (χ4n) is 15.7. The number of aldehydes is 1. The fraction of sp³-hybridized carbons (Fsp3) is 0.906. The molecule has 20 nitrogen and oxygen atoms in total. The van der Waals surface area contributed by atoms with Crippen molar-refractivity contribution in [3.8, 4) is 0 Å². The van der Waals surface area contributed by atoms with E-state index in [1.165, 1.54) is 6.92 Å². The van der Waals surface area contributed by atoms with Gasteiger partial charge in [-0.05, 0) is 123 Å². The van der Waals surface area contributed by atoms with E-state index in [9.17, 15) is 55.5 Å². The number of ether oxygens (including phenoxy) is 6. The Bertz CT molecular complexity index is 2030. The monoisotopic (exact) mass is 1040 g/mol. The molecule has 8 aliphatic rings. The molecule has 3 saturated heterocycles. The Kier molecular flexibility index (Phi) is 16.5. The van der Waals surface area contributed by atoms with E-state index in [0.29, 0.717) is 38.6 Å². The summed E-state index contributed by atoms with van der Waals surface area (Å²) >= 11 is 0. The van der Waals surface area contributed by atoms with Gasteiger partial charge < -0.3 is 90.2 Å². The molecule has 0 radical (unpaired) electrons. The Labute approximate surface area is 428 Å². The van der Waals surface area contributed by atoms with Crippen LogP contribution in [0.1, 0.15) is 132 Å². The molecule has 11 unspecified atom stereocenters. The minimum absolute atomic E-state index is 0.0355. The van der Waals surface area contributed by atoms with E-state index in [4.69, 9.17) is 28.4 Å². The number of aliphatic hydroxyl groups excluding tert-OH is 9. The Morgan fingerprint density at radius 3 is 2.16 bits per heavy atom. The first kappa shape index (κ1) is 56.9. The summed E-state index contributed by atoms with van der Waals surface area (Å²) in [5, 5.41) is 104. The zero-order valence-corrected chi connectivity index (χ0v) is 43.8. The van der Waals surface area contributed by atoms with Crippen LogP contribution in [-0.2, 0) is 42.8 Å². The van der Waals surface area contributed by atoms with E-state index < -0.39 is 139 Å². The molecule has 3 heterocycles. The minimum atomic E-state index is -1.93. The van der Waals surface area contributed by atoms with Crippen LogP contribution in [0, 0.1) is 50.2 Å². The highest BCUT2D eigenvalue weighted by molar-refractivity contribution is 5.80. The predicted molar refractivity (Wildman–Crippen MR) is 257 cm³/mol. The van der Waals surface area contributed by atoms with Gasteiger partial charge in [-0.25, -0.2) is 0 Å². The van der Waals surface area contributed by atoms with Crippen LogP contribution >= 0.6 is 0 Å². The number of aliphatic hydroxyl groups is 9. The molecule has 73 heavy (non-hydrogen) atoms. The lowest BCUT2D eigenvalue weighted by Gasteiger charge is -2.71. The van der Waals surface area contributed by atoms with Crippen LogP contribution in [-0.4, -0.2) is 182 Å². The number of allylic oxidation sites excluding steroid dienone is 2. The third-order valence-electron chi connectivity index (χ3n) is 20.4. The van der Waals surface area contributed by atoms with Crippen molar-refractivity contribution < 1.29 is 94.5 Å². The number of fused-ring (bicyclic) bond motifs is 7. The molecule has 416 valence electrons. The van der Waals surface area contributed by atoms with Crippen LogP contribution in [0.4, 0.5) is 0 Å². The molecular weight excluding hydrogens is 953 g/mol. The van der Waals surface area contributed by atoms with Crippen molar-refractivity contribution in [2.75, 3.05) is 19.8 Å². The fourth-order valence-corrected chi connectivity index (χ4v) is 15.7. The summed E-state index contributed by atoms with van der Waals surface area (Å²) in [6.07, 6.45) is -12.5. The summed E-state index contributed by atoms with van der Waals surface area (Å²) in [4.78, 5) is 41.7. The number of carbonyl (C=O) groups is 3. The average Bonchev–Trinajstić information content (AvgIpc) is 3.33. The second-order valence-electron chi connectivity index (χ2n) is 25.0. The number of hydrogen-bond acceptors (Lipinski definition) is 18. The number of unbranched alkanes of at least 4 members (excludes halogenated alkanes) is 2. The predicted octanol–water partition coefficient (Wildman–Crippen LogP) is -0.117. The first-order chi connectivity index (χ1) is 34.3. The molecular formula is C53H87N2O18+. The molecule has 13 N–H and O–H groups in total. The molecule has 1 amide bonds. The van der Waals surface area contributed by atoms with Crippen LogP contribution in [0.2, 0.25) is 0 Å². The Hall–Kier alpha value is -2.25. The van der Waals surface area contributed by atoms with Crippen molar-refractivity contribution in [1.82, 2.24) is 5.32 Å². The average molecular weight is 1040 g/mol. The number of carbonyl (C=O) groups excluding carboxylic acids is 3. The highest BCUT2D eigenvalue weighted by atomic mass is 16.8. The van der Waals surface area contributed by atoms with Crippen LogP contribution in [0.3, 0.4) is 0 Å². The molecule has 8 rings (SSSR count). The molecule has 24 atom stereocenters. The molecule has 0 spiro atoms. The van der Waals surface area contributed by atoms with Gasteiger partial charge in [0.25, 0.3) is 0 Å². The molecule has 5 aliphatic carbocycles. The van der Waals surface area contributed by atoms with Gasteiger partial charge in [-0.15, -0.1) is 0 Å². The van der Waals surface area contributed by atoms with E-state index in [0.717, 1.165) is 44.0 Å². The smallest absolute Gasteiger partial charge is 0.317 e. The Balaban J connectivity index is 1.10. The molecule has 0 aromatic heterocycles. The van der Waals surface area contributed by atoms with Crippen LogP contribution in [0.5, 0.6) is 0 Å². The second-order valence-corrected chi connectivity index (χ2v) is 25.0. The summed E-state index contributed by atoms with van der Waals surface area (Å²) in [7, 11) is 0. The van der Waals surface area contributed by atoms with Gasteiger partial charge in [0, 0.05) is 6.42 Å². The molecule has 4 saturated carbocycles. The summed E-state index contributed by atoms with van der Waals surface area (Å²) in [5.41, 5.74) is 1.06. The number of rotatable bonds is 14. The van der Waals surface area contributed by atoms with Crippen LogP contribution in [0.15, 0.2) is 11.6 Å². The third-order valence-corrected chi connectivity index (χ3v) is 20.4. The van der Waals surface area contributed by atoms with Gasteiger partial charge in [0.1, 0.15) is 60.5 Å². The maximum absolute atomic E-state index is 15.6. The minimum Gasteiger partial charge on any atom is -0.432 e. The molecule has 0 aromatic rings. The normalized spacial score (nSPS) is 50.5. The molecule has 3 aliphatic heterocycles.